The molecule has 0 saturated heterocycles. The van der Waals surface area contributed by atoms with Crippen LogP contribution in [-0.2, 0) is 11.8 Å². The zero-order valence-corrected chi connectivity index (χ0v) is 13.8. The maximum atomic E-state index is 12.0. The van der Waals surface area contributed by atoms with E-state index in [-0.39, 0.29) is 5.91 Å². The van der Waals surface area contributed by atoms with E-state index in [9.17, 15) is 4.79 Å². The normalized spacial score (nSPS) is 16.7. The van der Waals surface area contributed by atoms with Crippen molar-refractivity contribution in [2.24, 2.45) is 7.05 Å². The second kappa shape index (κ2) is 8.06. The Balaban J connectivity index is 1.72. The largest absolute Gasteiger partial charge is 0.376 e. The maximum Gasteiger partial charge on any atom is 0.268 e. The van der Waals surface area contributed by atoms with Gasteiger partial charge in [-0.05, 0) is 18.9 Å². The number of hydrogen-bond acceptors (Lipinski definition) is 2. The molecule has 0 aliphatic heterocycles. The van der Waals surface area contributed by atoms with Gasteiger partial charge in [-0.3, -0.25) is 4.79 Å². The van der Waals surface area contributed by atoms with E-state index in [0.717, 1.165) is 12.8 Å². The zero-order valence-electron chi connectivity index (χ0n) is 12.3. The molecule has 6 heteroatoms. The molecule has 1 N–H and O–H groups in total. The monoisotopic (exact) mass is 332 g/mol. The lowest BCUT2D eigenvalue weighted by atomic mass is 10.1. The van der Waals surface area contributed by atoms with E-state index in [1.165, 1.54) is 25.7 Å². The Hall–Kier alpha value is -0.710. The van der Waals surface area contributed by atoms with Crippen LogP contribution >= 0.6 is 23.2 Å². The Morgan fingerprint density at radius 1 is 1.33 bits per heavy atom. The van der Waals surface area contributed by atoms with Crippen molar-refractivity contribution in [2.75, 3.05) is 13.2 Å². The van der Waals surface area contributed by atoms with Crippen LogP contribution < -0.4 is 5.32 Å². The fourth-order valence-electron chi connectivity index (χ4n) is 2.65. The first-order valence-corrected chi connectivity index (χ1v) is 8.25. The summed E-state index contributed by atoms with van der Waals surface area (Å²) < 4.78 is 7.41. The van der Waals surface area contributed by atoms with Gasteiger partial charge in [0.25, 0.3) is 5.91 Å². The van der Waals surface area contributed by atoms with Gasteiger partial charge in [0.15, 0.2) is 0 Å². The first-order valence-electron chi connectivity index (χ1n) is 7.50. The first-order chi connectivity index (χ1) is 10.1. The smallest absolute Gasteiger partial charge is 0.268 e. The maximum absolute atomic E-state index is 12.0. The van der Waals surface area contributed by atoms with Crippen LogP contribution in [0, 0.1) is 0 Å². The summed E-state index contributed by atoms with van der Waals surface area (Å²) in [4.78, 5) is 12.0. The van der Waals surface area contributed by atoms with Crippen molar-refractivity contribution in [1.82, 2.24) is 9.88 Å². The summed E-state index contributed by atoms with van der Waals surface area (Å²) >= 11 is 11.8. The fraction of sp³-hybridized carbons (Fsp3) is 0.667. The molecule has 21 heavy (non-hydrogen) atoms. The highest BCUT2D eigenvalue weighted by Gasteiger charge is 2.16. The zero-order chi connectivity index (χ0) is 15.2. The highest BCUT2D eigenvalue weighted by Crippen LogP contribution is 2.25. The van der Waals surface area contributed by atoms with Gasteiger partial charge in [-0.25, -0.2) is 0 Å². The molecule has 1 aliphatic carbocycles. The lowest BCUT2D eigenvalue weighted by Gasteiger charge is -2.15. The van der Waals surface area contributed by atoms with Crippen molar-refractivity contribution in [3.8, 4) is 0 Å². The first kappa shape index (κ1) is 16.7. The van der Waals surface area contributed by atoms with Gasteiger partial charge in [0.2, 0.25) is 0 Å². The highest BCUT2D eigenvalue weighted by molar-refractivity contribution is 6.41. The molecule has 0 bridgehead atoms. The molecular weight excluding hydrogens is 311 g/mol. The van der Waals surface area contributed by atoms with Crippen molar-refractivity contribution in [3.05, 3.63) is 21.9 Å². The molecule has 0 atom stereocenters. The number of ether oxygens (including phenoxy) is 1. The number of aromatic nitrogens is 1. The van der Waals surface area contributed by atoms with Crippen LogP contribution in [0.15, 0.2) is 6.07 Å². The van der Waals surface area contributed by atoms with E-state index in [1.807, 2.05) is 0 Å². The van der Waals surface area contributed by atoms with E-state index in [2.05, 4.69) is 5.32 Å². The van der Waals surface area contributed by atoms with Gasteiger partial charge in [-0.15, -0.1) is 0 Å². The molecule has 0 radical (unpaired) electrons. The summed E-state index contributed by atoms with van der Waals surface area (Å²) in [5.74, 6) is -0.184. The number of halogens is 2. The van der Waals surface area contributed by atoms with Crippen LogP contribution in [0.1, 0.15) is 49.0 Å². The molecule has 1 aromatic rings. The predicted octanol–water partition coefficient (Wildman–Crippen LogP) is 3.80. The molecule has 1 heterocycles. The Labute approximate surface area is 135 Å². The molecule has 0 spiro atoms. The molecule has 1 aromatic heterocycles. The minimum absolute atomic E-state index is 0.184. The average molecular weight is 333 g/mol. The third-order valence-electron chi connectivity index (χ3n) is 3.89. The number of amides is 1. The molecule has 118 valence electrons. The van der Waals surface area contributed by atoms with Crippen LogP contribution in [-0.4, -0.2) is 29.7 Å². The van der Waals surface area contributed by atoms with Gasteiger partial charge in [-0.1, -0.05) is 48.9 Å². The summed E-state index contributed by atoms with van der Waals surface area (Å²) in [6.45, 7) is 1.04. The second-order valence-electron chi connectivity index (χ2n) is 5.47. The summed E-state index contributed by atoms with van der Waals surface area (Å²) in [6, 6.07) is 1.57. The van der Waals surface area contributed by atoms with E-state index >= 15 is 0 Å². The molecule has 4 nitrogen and oxygen atoms in total. The Bertz CT molecular complexity index is 480. The SMILES string of the molecule is Cn1c(C(=O)NCCOC2CCCCCC2)cc(Cl)c1Cl. The Kier molecular flexibility index (Phi) is 6.40. The van der Waals surface area contributed by atoms with Crippen LogP contribution in [0.3, 0.4) is 0 Å². The van der Waals surface area contributed by atoms with Gasteiger partial charge in [-0.2, -0.15) is 0 Å². The minimum atomic E-state index is -0.184. The molecule has 0 aromatic carbocycles. The van der Waals surface area contributed by atoms with Gasteiger partial charge in [0, 0.05) is 13.6 Å². The second-order valence-corrected chi connectivity index (χ2v) is 6.23. The lowest BCUT2D eigenvalue weighted by Crippen LogP contribution is -2.30. The Morgan fingerprint density at radius 2 is 2.00 bits per heavy atom. The standard InChI is InChI=1S/C15H22Cl2N2O2/c1-19-13(10-12(16)14(19)17)15(20)18-8-9-21-11-6-4-2-3-5-7-11/h10-11H,2-9H2,1H3,(H,18,20). The van der Waals surface area contributed by atoms with Crippen LogP contribution in [0.2, 0.25) is 10.2 Å². The van der Waals surface area contributed by atoms with Gasteiger partial charge in [0.1, 0.15) is 10.8 Å². The molecule has 1 saturated carbocycles. The summed E-state index contributed by atoms with van der Waals surface area (Å²) in [5.41, 5.74) is 0.458. The van der Waals surface area contributed by atoms with E-state index in [1.54, 1.807) is 17.7 Å². The number of hydrogen-bond donors (Lipinski definition) is 1. The molecule has 2 rings (SSSR count). The number of rotatable bonds is 5. The third-order valence-corrected chi connectivity index (χ3v) is 4.73. The fourth-order valence-corrected chi connectivity index (χ4v) is 3.03. The van der Waals surface area contributed by atoms with Crippen molar-refractivity contribution in [2.45, 2.75) is 44.6 Å². The molecule has 0 unspecified atom stereocenters. The quantitative estimate of drug-likeness (QED) is 0.658. The third kappa shape index (κ3) is 4.63. The van der Waals surface area contributed by atoms with E-state index in [4.69, 9.17) is 27.9 Å². The van der Waals surface area contributed by atoms with E-state index in [0.29, 0.717) is 35.1 Å². The summed E-state index contributed by atoms with van der Waals surface area (Å²) in [5, 5.41) is 3.59. The topological polar surface area (TPSA) is 43.3 Å². The van der Waals surface area contributed by atoms with Crippen LogP contribution in [0.25, 0.3) is 0 Å². The summed E-state index contributed by atoms with van der Waals surface area (Å²) in [7, 11) is 1.71. The number of nitrogens with zero attached hydrogens (tertiary/aromatic N) is 1. The lowest BCUT2D eigenvalue weighted by molar-refractivity contribution is 0.0441. The minimum Gasteiger partial charge on any atom is -0.376 e. The van der Waals surface area contributed by atoms with Crippen molar-refractivity contribution >= 4 is 29.1 Å². The predicted molar refractivity (Wildman–Crippen MR) is 85.2 cm³/mol. The van der Waals surface area contributed by atoms with Crippen molar-refractivity contribution in [1.29, 1.82) is 0 Å². The van der Waals surface area contributed by atoms with Gasteiger partial charge < -0.3 is 14.6 Å². The molecule has 1 aliphatic rings. The number of carbonyl (C=O) groups excluding carboxylic acids is 1. The average Bonchev–Trinajstić information content (AvgIpc) is 2.68. The van der Waals surface area contributed by atoms with Crippen LogP contribution in [0.4, 0.5) is 0 Å². The molecule has 1 fully saturated rings. The van der Waals surface area contributed by atoms with Gasteiger partial charge in [0.05, 0.1) is 17.7 Å². The van der Waals surface area contributed by atoms with Gasteiger partial charge >= 0.3 is 0 Å². The van der Waals surface area contributed by atoms with Crippen molar-refractivity contribution < 1.29 is 9.53 Å². The van der Waals surface area contributed by atoms with Crippen molar-refractivity contribution in [3.63, 3.8) is 0 Å². The molecular formula is C15H22Cl2N2O2. The van der Waals surface area contributed by atoms with E-state index < -0.39 is 0 Å². The number of nitrogens with one attached hydrogen (secondary N) is 1. The summed E-state index contributed by atoms with van der Waals surface area (Å²) in [6.07, 6.45) is 7.74. The Morgan fingerprint density at radius 3 is 2.57 bits per heavy atom. The number of carbonyl (C=O) groups is 1. The molecule has 1 amide bonds. The highest BCUT2D eigenvalue weighted by atomic mass is 35.5. The van der Waals surface area contributed by atoms with Crippen LogP contribution in [0.5, 0.6) is 0 Å².